The average Bonchev–Trinajstić information content (AvgIpc) is 1.53. The molecule has 0 aromatic rings. The maximum absolute atomic E-state index is 10.0. The molecule has 0 radical (unpaired) electrons. The molecule has 0 atom stereocenters. The molecular weight excluding hydrogens is 459 g/mol. The Morgan fingerprint density at radius 1 is 0.923 bits per heavy atom. The van der Waals surface area contributed by atoms with E-state index in [1.54, 1.807) is 0 Å². The van der Waals surface area contributed by atoms with Crippen LogP contribution in [0.5, 0.6) is 0 Å². The van der Waals surface area contributed by atoms with Crippen molar-refractivity contribution < 1.29 is 36.6 Å². The Bertz CT molecular complexity index is 246. The normalized spacial score (nSPS) is 8.62. The quantitative estimate of drug-likeness (QED) is 0.440. The zero-order valence-electron chi connectivity index (χ0n) is 4.75. The van der Waals surface area contributed by atoms with E-state index in [1.165, 1.54) is 0 Å². The Balaban J connectivity index is -0.000000500. The molecule has 0 fully saturated rings. The Morgan fingerprint density at radius 2 is 1.15 bits per heavy atom. The van der Waals surface area contributed by atoms with Gasteiger partial charge in [-0.05, 0) is 0 Å². The summed E-state index contributed by atoms with van der Waals surface area (Å²) in [7, 11) is -4.98. The van der Waals surface area contributed by atoms with Crippen molar-refractivity contribution in [1.29, 1.82) is 0 Å². The molecule has 8 nitrogen and oxygen atoms in total. The summed E-state index contributed by atoms with van der Waals surface area (Å²) in [4.78, 5) is 19.0. The van der Waals surface area contributed by atoms with Crippen LogP contribution in [-0.4, -0.2) is 129 Å². The zero-order chi connectivity index (χ0) is 9.07. The van der Waals surface area contributed by atoms with Crippen LogP contribution in [0, 0.1) is 0 Å². The van der Waals surface area contributed by atoms with Crippen LogP contribution in [0.15, 0.2) is 0 Å². The summed E-state index contributed by atoms with van der Waals surface area (Å²) >= 11 is 0. The Labute approximate surface area is 153 Å². The average molecular weight is 465 g/mol. The summed E-state index contributed by atoms with van der Waals surface area (Å²) in [6, 6.07) is 0. The van der Waals surface area contributed by atoms with Gasteiger partial charge in [-0.25, -0.2) is 9.59 Å². The Morgan fingerprint density at radius 3 is 1.31 bits per heavy atom. The minimum absolute atomic E-state index is 0. The van der Waals surface area contributed by atoms with Crippen LogP contribution < -0.4 is 0 Å². The molecule has 0 aromatic heterocycles. The molecule has 0 spiro atoms. The van der Waals surface area contributed by atoms with Crippen LogP contribution in [0.3, 0.4) is 0 Å². The van der Waals surface area contributed by atoms with Gasteiger partial charge >= 0.3 is 120 Å². The van der Waals surface area contributed by atoms with Gasteiger partial charge in [-0.2, -0.15) is 0 Å². The van der Waals surface area contributed by atoms with Gasteiger partial charge in [0, 0.05) is 0 Å². The summed E-state index contributed by atoms with van der Waals surface area (Å²) in [6.45, 7) is 0. The summed E-state index contributed by atoms with van der Waals surface area (Å²) in [5, 5.41) is 15.4. The molecule has 0 aliphatic carbocycles. The van der Waals surface area contributed by atoms with Gasteiger partial charge in [-0.1, -0.05) is 0 Å². The van der Waals surface area contributed by atoms with Crippen molar-refractivity contribution in [2.45, 2.75) is 0 Å². The summed E-state index contributed by atoms with van der Waals surface area (Å²) in [6.07, 6.45) is -4.35. The third-order valence-corrected chi connectivity index (χ3v) is 1.04. The topological polar surface area (TPSA) is 127 Å². The third-order valence-electron chi connectivity index (χ3n) is 0.347. The third kappa shape index (κ3) is 13.6. The number of carbonyl (C=O) groups is 2. The SMILES string of the molecule is O=C(O)OS(=O)(=O)OC(=O)O.[BaH2].[BaH2]. The van der Waals surface area contributed by atoms with Gasteiger partial charge in [0.1, 0.15) is 0 Å². The van der Waals surface area contributed by atoms with E-state index in [2.05, 4.69) is 8.37 Å². The number of carboxylic acid groups (broad SMARTS) is 2. The van der Waals surface area contributed by atoms with Crippen molar-refractivity contribution in [2.24, 2.45) is 0 Å². The van der Waals surface area contributed by atoms with E-state index >= 15 is 0 Å². The summed E-state index contributed by atoms with van der Waals surface area (Å²) in [5.41, 5.74) is 0. The minimum atomic E-state index is -4.98. The predicted octanol–water partition coefficient (Wildman–Crippen LogP) is -2.21. The maximum atomic E-state index is 10.0. The molecule has 0 aliphatic heterocycles. The van der Waals surface area contributed by atoms with Crippen molar-refractivity contribution >= 4 is 120 Å². The molecule has 72 valence electrons. The van der Waals surface area contributed by atoms with Gasteiger partial charge in [0.25, 0.3) is 0 Å². The number of rotatable bonds is 2. The molecule has 0 rings (SSSR count). The molecule has 0 saturated carbocycles. The van der Waals surface area contributed by atoms with Gasteiger partial charge < -0.3 is 10.2 Å². The molecule has 0 bridgehead atoms. The van der Waals surface area contributed by atoms with Crippen LogP contribution in [0.2, 0.25) is 0 Å². The van der Waals surface area contributed by atoms with E-state index in [1.807, 2.05) is 0 Å². The van der Waals surface area contributed by atoms with E-state index in [9.17, 15) is 18.0 Å². The van der Waals surface area contributed by atoms with Crippen LogP contribution in [-0.2, 0) is 18.8 Å². The van der Waals surface area contributed by atoms with Crippen molar-refractivity contribution in [3.05, 3.63) is 0 Å². The first-order chi connectivity index (χ1) is 4.83. The van der Waals surface area contributed by atoms with E-state index in [4.69, 9.17) is 10.2 Å². The molecule has 0 unspecified atom stereocenters. The van der Waals surface area contributed by atoms with Gasteiger partial charge in [-0.15, -0.1) is 8.42 Å². The molecule has 0 heterocycles. The van der Waals surface area contributed by atoms with Gasteiger partial charge in [0.15, 0.2) is 0 Å². The van der Waals surface area contributed by atoms with Crippen LogP contribution in [0.4, 0.5) is 9.59 Å². The van der Waals surface area contributed by atoms with Crippen LogP contribution in [0.1, 0.15) is 0 Å². The summed E-state index contributed by atoms with van der Waals surface area (Å²) in [5.74, 6) is 0. The zero-order valence-corrected chi connectivity index (χ0v) is 5.57. The molecule has 0 amide bonds. The second kappa shape index (κ2) is 8.90. The van der Waals surface area contributed by atoms with E-state index in [-0.39, 0.29) is 97.8 Å². The predicted molar refractivity (Wildman–Crippen MR) is 44.2 cm³/mol. The number of hydrogen-bond donors (Lipinski definition) is 2. The number of hydrogen-bond acceptors (Lipinski definition) is 6. The van der Waals surface area contributed by atoms with Crippen molar-refractivity contribution in [2.75, 3.05) is 0 Å². The molecule has 0 saturated heterocycles. The Kier molecular flexibility index (Phi) is 13.8. The molecule has 2 N–H and O–H groups in total. The van der Waals surface area contributed by atoms with Crippen molar-refractivity contribution in [3.63, 3.8) is 0 Å². The first kappa shape index (κ1) is 20.1. The second-order valence-corrected chi connectivity index (χ2v) is 2.26. The fourth-order valence-electron chi connectivity index (χ4n) is 0.192. The fourth-order valence-corrected chi connectivity index (χ4v) is 0.575. The second-order valence-electron chi connectivity index (χ2n) is 1.11. The first-order valence-corrected chi connectivity index (χ1v) is 3.26. The van der Waals surface area contributed by atoms with Gasteiger partial charge in [0.2, 0.25) is 0 Å². The fraction of sp³-hybridized carbons (Fsp3) is 0. The van der Waals surface area contributed by atoms with Crippen molar-refractivity contribution in [1.82, 2.24) is 0 Å². The van der Waals surface area contributed by atoms with Gasteiger partial charge in [-0.3, -0.25) is 8.37 Å². The summed E-state index contributed by atoms with van der Waals surface area (Å²) < 4.78 is 26.2. The molecular formula is C2H6Ba2O8S. The molecule has 11 heteroatoms. The first-order valence-electron chi connectivity index (χ1n) is 1.93. The van der Waals surface area contributed by atoms with E-state index in [0.717, 1.165) is 0 Å². The molecule has 0 aromatic carbocycles. The standard InChI is InChI=1S/C2H2O8S.2Ba.4H/c3-1(4)9-11(7,8)10-2(5)6;;;;;;/h(H,3,4)(H,5,6);;;;;;. The van der Waals surface area contributed by atoms with Crippen LogP contribution in [0.25, 0.3) is 0 Å². The van der Waals surface area contributed by atoms with Gasteiger partial charge in [0.05, 0.1) is 0 Å². The Hall–Kier alpha value is 1.63. The molecule has 0 aliphatic rings. The monoisotopic (exact) mass is 466 g/mol. The van der Waals surface area contributed by atoms with Crippen molar-refractivity contribution in [3.8, 4) is 0 Å². The van der Waals surface area contributed by atoms with E-state index < -0.39 is 22.7 Å². The van der Waals surface area contributed by atoms with E-state index in [0.29, 0.717) is 0 Å². The van der Waals surface area contributed by atoms with Crippen LogP contribution >= 0.6 is 0 Å². The molecule has 13 heavy (non-hydrogen) atoms.